The van der Waals surface area contributed by atoms with Gasteiger partial charge in [-0.1, -0.05) is 10.2 Å². The molecule has 1 aliphatic heterocycles. The SMILES string of the molecule is CO[C@@H]1OC(CN=[N+]=[N-])[C@H](O)[C@H](O)C1NC(=O)c1cc(F)c(N=[N+]=[N-])c(F)c1. The lowest BCUT2D eigenvalue weighted by atomic mass is 9.96. The van der Waals surface area contributed by atoms with Crippen LogP contribution in [-0.2, 0) is 9.47 Å². The maximum absolute atomic E-state index is 13.8. The summed E-state index contributed by atoms with van der Waals surface area (Å²) in [7, 11) is 1.20. The zero-order valence-electron chi connectivity index (χ0n) is 14.3. The minimum Gasteiger partial charge on any atom is -0.388 e. The van der Waals surface area contributed by atoms with E-state index in [1.54, 1.807) is 0 Å². The summed E-state index contributed by atoms with van der Waals surface area (Å²) in [6, 6.07) is -0.0276. The molecule has 5 atom stereocenters. The fourth-order valence-corrected chi connectivity index (χ4v) is 2.63. The maximum Gasteiger partial charge on any atom is 0.251 e. The molecule has 1 heterocycles. The van der Waals surface area contributed by atoms with Crippen molar-refractivity contribution < 1.29 is 33.3 Å². The van der Waals surface area contributed by atoms with Gasteiger partial charge in [0.2, 0.25) is 0 Å². The van der Waals surface area contributed by atoms with Crippen molar-refractivity contribution in [2.24, 2.45) is 10.2 Å². The molecule has 1 fully saturated rings. The van der Waals surface area contributed by atoms with Crippen molar-refractivity contribution in [3.8, 4) is 0 Å². The van der Waals surface area contributed by atoms with Gasteiger partial charge in [0.1, 0.15) is 35.6 Å². The van der Waals surface area contributed by atoms with Crippen LogP contribution in [-0.4, -0.2) is 60.4 Å². The van der Waals surface area contributed by atoms with E-state index in [2.05, 4.69) is 25.4 Å². The lowest BCUT2D eigenvalue weighted by molar-refractivity contribution is -0.252. The van der Waals surface area contributed by atoms with Crippen LogP contribution in [0.15, 0.2) is 22.4 Å². The smallest absolute Gasteiger partial charge is 0.251 e. The number of aliphatic hydroxyl groups is 2. The number of carbonyl (C=O) groups is 1. The number of hydrogen-bond donors (Lipinski definition) is 3. The monoisotopic (exact) mass is 399 g/mol. The molecule has 28 heavy (non-hydrogen) atoms. The Labute approximate surface area is 155 Å². The molecule has 0 bridgehead atoms. The van der Waals surface area contributed by atoms with Crippen LogP contribution in [0.2, 0.25) is 0 Å². The van der Waals surface area contributed by atoms with Crippen molar-refractivity contribution in [2.75, 3.05) is 13.7 Å². The molecule has 1 aromatic rings. The Morgan fingerprint density at radius 2 is 1.93 bits per heavy atom. The summed E-state index contributed by atoms with van der Waals surface area (Å²) in [4.78, 5) is 17.1. The first-order valence-electron chi connectivity index (χ1n) is 7.74. The van der Waals surface area contributed by atoms with Crippen molar-refractivity contribution >= 4 is 11.6 Å². The molecule has 1 aromatic carbocycles. The van der Waals surface area contributed by atoms with Crippen LogP contribution < -0.4 is 5.32 Å². The molecule has 0 spiro atoms. The second-order valence-electron chi connectivity index (χ2n) is 5.65. The quantitative estimate of drug-likeness (QED) is 0.370. The zero-order valence-corrected chi connectivity index (χ0v) is 14.3. The van der Waals surface area contributed by atoms with Crippen LogP contribution in [0.5, 0.6) is 0 Å². The number of hydrogen-bond acceptors (Lipinski definition) is 7. The van der Waals surface area contributed by atoms with Crippen molar-refractivity contribution in [3.63, 3.8) is 0 Å². The molecule has 0 aromatic heterocycles. The number of benzene rings is 1. The summed E-state index contributed by atoms with van der Waals surface area (Å²) >= 11 is 0. The first-order valence-corrected chi connectivity index (χ1v) is 7.74. The first-order chi connectivity index (χ1) is 13.3. The average Bonchev–Trinajstić information content (AvgIpc) is 2.67. The third-order valence-electron chi connectivity index (χ3n) is 3.98. The van der Waals surface area contributed by atoms with Gasteiger partial charge in [0.05, 0.1) is 12.6 Å². The zero-order chi connectivity index (χ0) is 20.8. The van der Waals surface area contributed by atoms with Crippen LogP contribution >= 0.6 is 0 Å². The van der Waals surface area contributed by atoms with Crippen molar-refractivity contribution in [1.29, 1.82) is 0 Å². The molecule has 12 nitrogen and oxygen atoms in total. The second kappa shape index (κ2) is 9.28. The van der Waals surface area contributed by atoms with Crippen LogP contribution in [0.25, 0.3) is 20.9 Å². The minimum absolute atomic E-state index is 0.299. The van der Waals surface area contributed by atoms with Gasteiger partial charge in [0.25, 0.3) is 5.91 Å². The van der Waals surface area contributed by atoms with E-state index in [1.165, 1.54) is 7.11 Å². The molecule has 2 rings (SSSR count). The van der Waals surface area contributed by atoms with Gasteiger partial charge >= 0.3 is 0 Å². The fourth-order valence-electron chi connectivity index (χ4n) is 2.63. The van der Waals surface area contributed by atoms with Crippen molar-refractivity contribution in [2.45, 2.75) is 30.6 Å². The Hall–Kier alpha value is -2.99. The molecular formula is C14H15F2N7O5. The summed E-state index contributed by atoms with van der Waals surface area (Å²) in [6.45, 7) is -0.299. The van der Waals surface area contributed by atoms with E-state index in [-0.39, 0.29) is 6.54 Å². The maximum atomic E-state index is 13.8. The van der Waals surface area contributed by atoms with Gasteiger partial charge in [-0.25, -0.2) is 8.78 Å². The molecule has 0 saturated carbocycles. The van der Waals surface area contributed by atoms with Crippen LogP contribution in [0.3, 0.4) is 0 Å². The highest BCUT2D eigenvalue weighted by atomic mass is 19.1. The van der Waals surface area contributed by atoms with Crippen LogP contribution in [0.1, 0.15) is 10.4 Å². The van der Waals surface area contributed by atoms with E-state index in [9.17, 15) is 23.8 Å². The van der Waals surface area contributed by atoms with Crippen molar-refractivity contribution in [3.05, 3.63) is 50.2 Å². The van der Waals surface area contributed by atoms with Gasteiger partial charge in [0, 0.05) is 22.5 Å². The largest absolute Gasteiger partial charge is 0.388 e. The summed E-state index contributed by atoms with van der Waals surface area (Å²) in [6.07, 6.45) is -5.48. The number of halogens is 2. The fraction of sp³-hybridized carbons (Fsp3) is 0.500. The van der Waals surface area contributed by atoms with E-state index < -0.39 is 59.4 Å². The van der Waals surface area contributed by atoms with Gasteiger partial charge in [-0.2, -0.15) is 0 Å². The number of carbonyl (C=O) groups excluding carboxylic acids is 1. The lowest BCUT2D eigenvalue weighted by Crippen LogP contribution is -2.64. The summed E-state index contributed by atoms with van der Waals surface area (Å²) in [5.41, 5.74) is 15.3. The molecule has 150 valence electrons. The Balaban J connectivity index is 2.22. The summed E-state index contributed by atoms with van der Waals surface area (Å²) < 4.78 is 38.0. The topological polar surface area (TPSA) is 186 Å². The van der Waals surface area contributed by atoms with E-state index in [4.69, 9.17) is 20.5 Å². The average molecular weight is 399 g/mol. The predicted molar refractivity (Wildman–Crippen MR) is 88.1 cm³/mol. The molecule has 1 aliphatic rings. The number of nitrogens with zero attached hydrogens (tertiary/aromatic N) is 6. The Morgan fingerprint density at radius 1 is 1.29 bits per heavy atom. The van der Waals surface area contributed by atoms with E-state index in [0.717, 1.165) is 0 Å². The number of aliphatic hydroxyl groups excluding tert-OH is 2. The van der Waals surface area contributed by atoms with Crippen LogP contribution in [0, 0.1) is 11.6 Å². The lowest BCUT2D eigenvalue weighted by Gasteiger charge is -2.42. The van der Waals surface area contributed by atoms with Gasteiger partial charge in [-0.15, -0.1) is 0 Å². The molecule has 1 amide bonds. The Bertz CT molecular complexity index is 818. The summed E-state index contributed by atoms with van der Waals surface area (Å²) in [5.74, 6) is -3.54. The number of nitrogens with one attached hydrogen (secondary N) is 1. The minimum atomic E-state index is -1.60. The highest BCUT2D eigenvalue weighted by molar-refractivity contribution is 5.94. The highest BCUT2D eigenvalue weighted by Crippen LogP contribution is 2.25. The molecule has 14 heteroatoms. The van der Waals surface area contributed by atoms with Gasteiger partial charge < -0.3 is 25.0 Å². The number of methoxy groups -OCH3 is 1. The number of azide groups is 2. The molecule has 2 unspecified atom stereocenters. The molecule has 1 saturated heterocycles. The van der Waals surface area contributed by atoms with Crippen LogP contribution in [0.4, 0.5) is 14.5 Å². The highest BCUT2D eigenvalue weighted by Gasteiger charge is 2.45. The van der Waals surface area contributed by atoms with Gasteiger partial charge in [-0.05, 0) is 23.2 Å². The number of amides is 1. The van der Waals surface area contributed by atoms with E-state index >= 15 is 0 Å². The first kappa shape index (κ1) is 21.3. The van der Waals surface area contributed by atoms with E-state index in [1.807, 2.05) is 0 Å². The molecule has 0 aliphatic carbocycles. The summed E-state index contributed by atoms with van der Waals surface area (Å²) in [5, 5.41) is 28.7. The van der Waals surface area contributed by atoms with Crippen molar-refractivity contribution in [1.82, 2.24) is 5.32 Å². The third-order valence-corrected chi connectivity index (χ3v) is 3.98. The van der Waals surface area contributed by atoms with Gasteiger partial charge in [0.15, 0.2) is 6.29 Å². The standard InChI is InChI=1S/C14H15F2N7O5/c1-27-14-10(12(25)11(24)8(28-14)4-19-22-17)20-13(26)5-2-6(15)9(21-23-18)7(16)3-5/h2-3,8,10-12,14,24-25H,4H2,1H3,(H,20,26)/t8?,10?,11-,12+,14+/m0/s1. The van der Waals surface area contributed by atoms with Gasteiger partial charge in [-0.3, -0.25) is 4.79 Å². The predicted octanol–water partition coefficient (Wildman–Crippen LogP) is 1.41. The Kier molecular flexibility index (Phi) is 7.06. The van der Waals surface area contributed by atoms with E-state index in [0.29, 0.717) is 12.1 Å². The second-order valence-corrected chi connectivity index (χ2v) is 5.65. The number of rotatable bonds is 6. The molecular weight excluding hydrogens is 384 g/mol. The molecule has 3 N–H and O–H groups in total. The third kappa shape index (κ3) is 4.46. The normalized spacial score (nSPS) is 26.7. The number of ether oxygens (including phenoxy) is 2. The molecule has 0 radical (unpaired) electrons. The Morgan fingerprint density at radius 3 is 2.46 bits per heavy atom.